The highest BCUT2D eigenvalue weighted by atomic mass is 32.1. The number of aromatic amines is 1. The molecule has 7 heteroatoms. The highest BCUT2D eigenvalue weighted by molar-refractivity contribution is 7.07. The SMILES string of the molecule is COc1ccc(C(=O)NCc2csc(=O)[nH]2)c(O)c1. The maximum absolute atomic E-state index is 11.8. The van der Waals surface area contributed by atoms with Gasteiger partial charge in [-0.1, -0.05) is 11.3 Å². The van der Waals surface area contributed by atoms with Crippen LogP contribution in [0.4, 0.5) is 0 Å². The van der Waals surface area contributed by atoms with Crippen molar-refractivity contribution in [1.82, 2.24) is 10.3 Å². The average molecular weight is 280 g/mol. The molecule has 2 rings (SSSR count). The van der Waals surface area contributed by atoms with E-state index in [1.165, 1.54) is 19.2 Å². The fourth-order valence-corrected chi connectivity index (χ4v) is 2.08. The van der Waals surface area contributed by atoms with Gasteiger partial charge in [0.1, 0.15) is 11.5 Å². The number of phenolic OH excluding ortho intramolecular Hbond substituents is 1. The van der Waals surface area contributed by atoms with Crippen LogP contribution in [-0.4, -0.2) is 23.1 Å². The van der Waals surface area contributed by atoms with Gasteiger partial charge in [-0.05, 0) is 12.1 Å². The molecule has 0 fully saturated rings. The van der Waals surface area contributed by atoms with E-state index in [-0.39, 0.29) is 22.7 Å². The Kier molecular flexibility index (Phi) is 3.86. The van der Waals surface area contributed by atoms with Crippen LogP contribution in [0.2, 0.25) is 0 Å². The summed E-state index contributed by atoms with van der Waals surface area (Å²) in [5.41, 5.74) is 0.773. The van der Waals surface area contributed by atoms with Gasteiger partial charge in [-0.2, -0.15) is 0 Å². The normalized spacial score (nSPS) is 10.2. The number of amides is 1. The fraction of sp³-hybridized carbons (Fsp3) is 0.167. The molecule has 2 aromatic rings. The van der Waals surface area contributed by atoms with E-state index in [1.54, 1.807) is 11.4 Å². The molecule has 19 heavy (non-hydrogen) atoms. The van der Waals surface area contributed by atoms with Crippen LogP contribution < -0.4 is 14.9 Å². The molecule has 3 N–H and O–H groups in total. The van der Waals surface area contributed by atoms with E-state index in [9.17, 15) is 14.7 Å². The summed E-state index contributed by atoms with van der Waals surface area (Å²) in [4.78, 5) is 25.2. The zero-order chi connectivity index (χ0) is 13.8. The van der Waals surface area contributed by atoms with Crippen LogP contribution in [0.25, 0.3) is 0 Å². The number of ether oxygens (including phenoxy) is 1. The first-order chi connectivity index (χ1) is 9.10. The molecule has 0 atom stereocenters. The molecule has 100 valence electrons. The van der Waals surface area contributed by atoms with E-state index in [0.717, 1.165) is 11.3 Å². The lowest BCUT2D eigenvalue weighted by Gasteiger charge is -2.07. The van der Waals surface area contributed by atoms with E-state index in [4.69, 9.17) is 4.74 Å². The predicted octanol–water partition coefficient (Wildman–Crippen LogP) is 1.08. The third kappa shape index (κ3) is 3.14. The smallest absolute Gasteiger partial charge is 0.304 e. The minimum atomic E-state index is -0.424. The number of hydrogen-bond acceptors (Lipinski definition) is 5. The van der Waals surface area contributed by atoms with Crippen LogP contribution in [0, 0.1) is 0 Å². The second-order valence-corrected chi connectivity index (χ2v) is 4.58. The van der Waals surface area contributed by atoms with Gasteiger partial charge < -0.3 is 20.1 Å². The molecule has 0 saturated carbocycles. The topological polar surface area (TPSA) is 91.4 Å². The lowest BCUT2D eigenvalue weighted by molar-refractivity contribution is 0.0947. The fourth-order valence-electron chi connectivity index (χ4n) is 1.50. The molecule has 0 saturated heterocycles. The van der Waals surface area contributed by atoms with Crippen LogP contribution in [0.3, 0.4) is 0 Å². The van der Waals surface area contributed by atoms with Crippen molar-refractivity contribution < 1.29 is 14.6 Å². The third-order valence-corrected chi connectivity index (χ3v) is 3.18. The van der Waals surface area contributed by atoms with Gasteiger partial charge in [-0.25, -0.2) is 0 Å². The number of thiazole rings is 1. The van der Waals surface area contributed by atoms with Crippen LogP contribution >= 0.6 is 11.3 Å². The minimum absolute atomic E-state index is 0.151. The first-order valence-corrected chi connectivity index (χ1v) is 6.30. The van der Waals surface area contributed by atoms with E-state index < -0.39 is 5.91 Å². The first kappa shape index (κ1) is 13.2. The summed E-state index contributed by atoms with van der Waals surface area (Å²) in [5.74, 6) is -0.112. The average Bonchev–Trinajstić information content (AvgIpc) is 2.81. The summed E-state index contributed by atoms with van der Waals surface area (Å²) < 4.78 is 4.93. The van der Waals surface area contributed by atoms with Gasteiger partial charge in [0.05, 0.1) is 19.2 Å². The van der Waals surface area contributed by atoms with Crippen LogP contribution in [-0.2, 0) is 6.54 Å². The second kappa shape index (κ2) is 5.57. The highest BCUT2D eigenvalue weighted by Gasteiger charge is 2.11. The Morgan fingerprint density at radius 2 is 2.32 bits per heavy atom. The van der Waals surface area contributed by atoms with Crippen molar-refractivity contribution in [3.05, 3.63) is 44.5 Å². The summed E-state index contributed by atoms with van der Waals surface area (Å²) in [7, 11) is 1.47. The number of carbonyl (C=O) groups is 1. The second-order valence-electron chi connectivity index (χ2n) is 3.74. The lowest BCUT2D eigenvalue weighted by Crippen LogP contribution is -2.23. The summed E-state index contributed by atoms with van der Waals surface area (Å²) in [6.45, 7) is 0.197. The molecule has 0 spiro atoms. The van der Waals surface area contributed by atoms with E-state index >= 15 is 0 Å². The molecule has 1 heterocycles. The van der Waals surface area contributed by atoms with E-state index in [0.29, 0.717) is 11.4 Å². The van der Waals surface area contributed by atoms with E-state index in [1.807, 2.05) is 0 Å². The predicted molar refractivity (Wildman–Crippen MR) is 70.8 cm³/mol. The van der Waals surface area contributed by atoms with Gasteiger partial charge in [-0.3, -0.25) is 9.59 Å². The number of H-pyrrole nitrogens is 1. The number of methoxy groups -OCH3 is 1. The number of carbonyl (C=O) groups excluding carboxylic acids is 1. The summed E-state index contributed by atoms with van der Waals surface area (Å²) in [6, 6.07) is 4.42. The Labute approximate surface area is 112 Å². The largest absolute Gasteiger partial charge is 0.507 e. The molecular weight excluding hydrogens is 268 g/mol. The number of benzene rings is 1. The molecule has 0 bridgehead atoms. The lowest BCUT2D eigenvalue weighted by atomic mass is 10.2. The van der Waals surface area contributed by atoms with Gasteiger partial charge in [0.2, 0.25) is 0 Å². The van der Waals surface area contributed by atoms with Gasteiger partial charge in [-0.15, -0.1) is 0 Å². The van der Waals surface area contributed by atoms with Crippen molar-refractivity contribution in [2.75, 3.05) is 7.11 Å². The Morgan fingerprint density at radius 1 is 1.53 bits per heavy atom. The molecule has 1 amide bonds. The molecule has 1 aromatic carbocycles. The van der Waals surface area contributed by atoms with Crippen LogP contribution in [0.15, 0.2) is 28.4 Å². The van der Waals surface area contributed by atoms with Gasteiger partial charge >= 0.3 is 4.87 Å². The van der Waals surface area contributed by atoms with Crippen molar-refractivity contribution in [2.24, 2.45) is 0 Å². The Hall–Kier alpha value is -2.28. The van der Waals surface area contributed by atoms with Crippen molar-refractivity contribution in [3.8, 4) is 11.5 Å². The molecule has 0 radical (unpaired) electrons. The standard InChI is InChI=1S/C12H12N2O4S/c1-18-8-2-3-9(10(15)4-8)11(16)13-5-7-6-19-12(17)14-7/h2-4,6,15H,5H2,1H3,(H,13,16)(H,14,17). The Morgan fingerprint density at radius 3 is 2.89 bits per heavy atom. The third-order valence-electron chi connectivity index (χ3n) is 2.46. The first-order valence-electron chi connectivity index (χ1n) is 5.42. The minimum Gasteiger partial charge on any atom is -0.507 e. The van der Waals surface area contributed by atoms with Crippen molar-refractivity contribution in [3.63, 3.8) is 0 Å². The van der Waals surface area contributed by atoms with Crippen molar-refractivity contribution >= 4 is 17.2 Å². The summed E-state index contributed by atoms with van der Waals surface area (Å²) in [5, 5.41) is 13.9. The van der Waals surface area contributed by atoms with Crippen molar-refractivity contribution in [2.45, 2.75) is 6.54 Å². The van der Waals surface area contributed by atoms with Crippen LogP contribution in [0.1, 0.15) is 16.1 Å². The monoisotopic (exact) mass is 280 g/mol. The quantitative estimate of drug-likeness (QED) is 0.781. The molecule has 6 nitrogen and oxygen atoms in total. The molecular formula is C12H12N2O4S. The van der Waals surface area contributed by atoms with Crippen molar-refractivity contribution in [1.29, 1.82) is 0 Å². The molecule has 0 aliphatic carbocycles. The molecule has 0 aliphatic rings. The molecule has 0 aliphatic heterocycles. The maximum atomic E-state index is 11.8. The van der Waals surface area contributed by atoms with E-state index in [2.05, 4.69) is 10.3 Å². The highest BCUT2D eigenvalue weighted by Crippen LogP contribution is 2.23. The van der Waals surface area contributed by atoms with Gasteiger partial charge in [0.15, 0.2) is 0 Å². The summed E-state index contributed by atoms with van der Waals surface area (Å²) in [6.07, 6.45) is 0. The van der Waals surface area contributed by atoms with Crippen LogP contribution in [0.5, 0.6) is 11.5 Å². The molecule has 1 aromatic heterocycles. The maximum Gasteiger partial charge on any atom is 0.304 e. The zero-order valence-corrected chi connectivity index (χ0v) is 10.9. The van der Waals surface area contributed by atoms with Gasteiger partial charge in [0, 0.05) is 17.1 Å². The molecule has 0 unspecified atom stereocenters. The zero-order valence-electron chi connectivity index (χ0n) is 10.1. The number of aromatic nitrogens is 1. The number of aromatic hydroxyl groups is 1. The van der Waals surface area contributed by atoms with Gasteiger partial charge in [0.25, 0.3) is 5.91 Å². The number of hydrogen-bond donors (Lipinski definition) is 3. The number of phenols is 1. The summed E-state index contributed by atoms with van der Waals surface area (Å²) >= 11 is 1.03. The Bertz CT molecular complexity index is 647. The Balaban J connectivity index is 2.05. The number of rotatable bonds is 4. The number of nitrogens with one attached hydrogen (secondary N) is 2.